The van der Waals surface area contributed by atoms with Crippen molar-refractivity contribution in [1.82, 2.24) is 0 Å². The zero-order valence-corrected chi connectivity index (χ0v) is 10.8. The van der Waals surface area contributed by atoms with Crippen LogP contribution in [-0.2, 0) is 9.53 Å². The van der Waals surface area contributed by atoms with Crippen LogP contribution in [0.3, 0.4) is 0 Å². The molecule has 1 saturated heterocycles. The van der Waals surface area contributed by atoms with Gasteiger partial charge in [0.05, 0.1) is 33.3 Å². The molecule has 0 radical (unpaired) electrons. The van der Waals surface area contributed by atoms with Gasteiger partial charge in [0.2, 0.25) is 0 Å². The summed E-state index contributed by atoms with van der Waals surface area (Å²) in [7, 11) is 2.35. The smallest absolute Gasteiger partial charge is 0.305 e. The molecule has 0 aromatic heterocycles. The Morgan fingerprint density at radius 3 is 2.50 bits per heavy atom. The van der Waals surface area contributed by atoms with E-state index < -0.39 is 0 Å². The van der Waals surface area contributed by atoms with Crippen LogP contribution >= 0.6 is 0 Å². The minimum atomic E-state index is -0.0382. The highest BCUT2D eigenvalue weighted by atomic mass is 16.5. The van der Waals surface area contributed by atoms with Crippen molar-refractivity contribution in [3.63, 3.8) is 0 Å². The van der Waals surface area contributed by atoms with E-state index >= 15 is 0 Å². The average Bonchev–Trinajstić information content (AvgIpc) is 2.26. The van der Waals surface area contributed by atoms with Crippen LogP contribution in [0, 0.1) is 0 Å². The molecule has 0 N–H and O–H groups in total. The van der Waals surface area contributed by atoms with Crippen molar-refractivity contribution >= 4 is 5.97 Å². The molecular formula is C13H26NO2+. The second-order valence-electron chi connectivity index (χ2n) is 5.11. The number of hydrogen-bond donors (Lipinski definition) is 0. The maximum Gasteiger partial charge on any atom is 0.305 e. The first-order valence-corrected chi connectivity index (χ1v) is 6.65. The number of quaternary nitrogens is 1. The third-order valence-corrected chi connectivity index (χ3v) is 3.53. The van der Waals surface area contributed by atoms with E-state index in [9.17, 15) is 4.79 Å². The van der Waals surface area contributed by atoms with E-state index in [1.807, 2.05) is 6.92 Å². The molecule has 3 nitrogen and oxygen atoms in total. The summed E-state index contributed by atoms with van der Waals surface area (Å²) in [5, 5.41) is 0. The quantitative estimate of drug-likeness (QED) is 0.396. The zero-order valence-electron chi connectivity index (χ0n) is 10.8. The van der Waals surface area contributed by atoms with Crippen molar-refractivity contribution in [3.05, 3.63) is 0 Å². The molecular weight excluding hydrogens is 202 g/mol. The van der Waals surface area contributed by atoms with Gasteiger partial charge < -0.3 is 9.22 Å². The summed E-state index contributed by atoms with van der Waals surface area (Å²) in [6, 6.07) is 0. The summed E-state index contributed by atoms with van der Waals surface area (Å²) >= 11 is 0. The number of unbranched alkanes of at least 4 members (excludes halogenated alkanes) is 1. The van der Waals surface area contributed by atoms with Gasteiger partial charge in [0.15, 0.2) is 0 Å². The van der Waals surface area contributed by atoms with E-state index in [0.29, 0.717) is 13.0 Å². The predicted molar refractivity (Wildman–Crippen MR) is 65.1 cm³/mol. The van der Waals surface area contributed by atoms with Crippen LogP contribution in [0.4, 0.5) is 0 Å². The summed E-state index contributed by atoms with van der Waals surface area (Å²) in [5.41, 5.74) is 0. The number of carbonyl (C=O) groups excluding carboxylic acids is 1. The number of likely N-dealkylation sites (tertiary alicyclic amines) is 1. The van der Waals surface area contributed by atoms with Crippen LogP contribution in [0.1, 0.15) is 45.4 Å². The molecule has 94 valence electrons. The van der Waals surface area contributed by atoms with Gasteiger partial charge in [-0.3, -0.25) is 4.79 Å². The number of ether oxygens (including phenoxy) is 1. The van der Waals surface area contributed by atoms with Gasteiger partial charge in [0.25, 0.3) is 0 Å². The first-order valence-electron chi connectivity index (χ1n) is 6.65. The highest BCUT2D eigenvalue weighted by Gasteiger charge is 2.23. The summed E-state index contributed by atoms with van der Waals surface area (Å²) in [5.74, 6) is -0.0382. The van der Waals surface area contributed by atoms with E-state index in [2.05, 4.69) is 7.05 Å². The number of piperidine rings is 1. The van der Waals surface area contributed by atoms with Crippen molar-refractivity contribution < 1.29 is 14.0 Å². The summed E-state index contributed by atoms with van der Waals surface area (Å²) in [6.07, 6.45) is 6.86. The maximum atomic E-state index is 11.1. The molecule has 1 heterocycles. The second-order valence-corrected chi connectivity index (χ2v) is 5.11. The molecule has 0 aromatic carbocycles. The van der Waals surface area contributed by atoms with Crippen LogP contribution in [0.25, 0.3) is 0 Å². The van der Waals surface area contributed by atoms with Gasteiger partial charge >= 0.3 is 5.97 Å². The van der Waals surface area contributed by atoms with Crippen LogP contribution in [0.2, 0.25) is 0 Å². The van der Waals surface area contributed by atoms with Crippen molar-refractivity contribution in [2.24, 2.45) is 0 Å². The minimum absolute atomic E-state index is 0.0382. The predicted octanol–water partition coefficient (Wildman–Crippen LogP) is 2.35. The fourth-order valence-corrected chi connectivity index (χ4v) is 2.50. The first-order chi connectivity index (χ1) is 7.66. The summed E-state index contributed by atoms with van der Waals surface area (Å²) in [4.78, 5) is 11.1. The molecule has 3 heteroatoms. The van der Waals surface area contributed by atoms with E-state index in [4.69, 9.17) is 4.74 Å². The lowest BCUT2D eigenvalue weighted by molar-refractivity contribution is -0.914. The largest absolute Gasteiger partial charge is 0.466 e. The summed E-state index contributed by atoms with van der Waals surface area (Å²) in [6.45, 7) is 6.22. The molecule has 1 fully saturated rings. The molecule has 0 unspecified atom stereocenters. The Labute approximate surface area is 99.4 Å². The third kappa shape index (κ3) is 4.97. The normalized spacial score (nSPS) is 19.4. The molecule has 0 spiro atoms. The molecule has 0 aliphatic carbocycles. The van der Waals surface area contributed by atoms with Gasteiger partial charge in [-0.05, 0) is 39.0 Å². The molecule has 0 atom stereocenters. The molecule has 1 rings (SSSR count). The monoisotopic (exact) mass is 228 g/mol. The van der Waals surface area contributed by atoms with E-state index in [1.165, 1.54) is 43.4 Å². The second kappa shape index (κ2) is 6.89. The summed E-state index contributed by atoms with van der Waals surface area (Å²) < 4.78 is 6.13. The molecule has 0 amide bonds. The fraction of sp³-hybridized carbons (Fsp3) is 0.923. The molecule has 16 heavy (non-hydrogen) atoms. The van der Waals surface area contributed by atoms with Crippen LogP contribution in [0.5, 0.6) is 0 Å². The number of carbonyl (C=O) groups is 1. The van der Waals surface area contributed by atoms with E-state index in [-0.39, 0.29) is 5.97 Å². The zero-order chi connectivity index (χ0) is 11.9. The van der Waals surface area contributed by atoms with Crippen LogP contribution in [0.15, 0.2) is 0 Å². The van der Waals surface area contributed by atoms with Gasteiger partial charge in [0.1, 0.15) is 0 Å². The third-order valence-electron chi connectivity index (χ3n) is 3.53. The van der Waals surface area contributed by atoms with Crippen molar-refractivity contribution in [2.45, 2.75) is 45.4 Å². The van der Waals surface area contributed by atoms with Gasteiger partial charge in [-0.1, -0.05) is 0 Å². The molecule has 0 aromatic rings. The minimum Gasteiger partial charge on any atom is -0.466 e. The van der Waals surface area contributed by atoms with Gasteiger partial charge in [-0.25, -0.2) is 0 Å². The Morgan fingerprint density at radius 1 is 1.19 bits per heavy atom. The van der Waals surface area contributed by atoms with Crippen LogP contribution < -0.4 is 0 Å². The van der Waals surface area contributed by atoms with Gasteiger partial charge in [0, 0.05) is 6.42 Å². The highest BCUT2D eigenvalue weighted by molar-refractivity contribution is 5.69. The van der Waals surface area contributed by atoms with Gasteiger partial charge in [-0.15, -0.1) is 0 Å². The highest BCUT2D eigenvalue weighted by Crippen LogP contribution is 2.17. The lowest BCUT2D eigenvalue weighted by atomic mass is 10.1. The fourth-order valence-electron chi connectivity index (χ4n) is 2.50. The Balaban J connectivity index is 2.07. The Hall–Kier alpha value is -0.570. The SMILES string of the molecule is CCOC(=O)CCCC[N+]1(C)CCCCC1. The van der Waals surface area contributed by atoms with Crippen molar-refractivity contribution in [2.75, 3.05) is 33.3 Å². The van der Waals surface area contributed by atoms with Crippen molar-refractivity contribution in [3.8, 4) is 0 Å². The number of esters is 1. The van der Waals surface area contributed by atoms with Crippen molar-refractivity contribution in [1.29, 1.82) is 0 Å². The topological polar surface area (TPSA) is 26.3 Å². The maximum absolute atomic E-state index is 11.1. The first kappa shape index (κ1) is 13.5. The molecule has 0 bridgehead atoms. The number of rotatable bonds is 6. The number of nitrogens with zero attached hydrogens (tertiary/aromatic N) is 1. The van der Waals surface area contributed by atoms with Gasteiger partial charge in [-0.2, -0.15) is 0 Å². The average molecular weight is 228 g/mol. The Bertz CT molecular complexity index is 210. The Kier molecular flexibility index (Phi) is 5.81. The Morgan fingerprint density at radius 2 is 1.88 bits per heavy atom. The lowest BCUT2D eigenvalue weighted by Gasteiger charge is -2.37. The van der Waals surface area contributed by atoms with Crippen LogP contribution in [-0.4, -0.2) is 43.7 Å². The standard InChI is InChI=1S/C13H26NO2/c1-3-16-13(15)9-5-8-12-14(2)10-6-4-7-11-14/h3-12H2,1-2H3/q+1. The van der Waals surface area contributed by atoms with E-state index in [1.54, 1.807) is 0 Å². The van der Waals surface area contributed by atoms with E-state index in [0.717, 1.165) is 12.8 Å². The molecule has 1 aliphatic rings. The molecule has 0 saturated carbocycles. The lowest BCUT2D eigenvalue weighted by Crippen LogP contribution is -2.48. The molecule has 1 aliphatic heterocycles. The number of hydrogen-bond acceptors (Lipinski definition) is 2.